The minimum Gasteiger partial charge on any atom is -0.324 e. The molecule has 0 spiro atoms. The molecule has 0 unspecified atom stereocenters. The fraction of sp³-hybridized carbons (Fsp3) is 0.240. The Morgan fingerprint density at radius 1 is 1.03 bits per heavy atom. The fourth-order valence-corrected chi connectivity index (χ4v) is 3.75. The van der Waals surface area contributed by atoms with Crippen LogP contribution in [0.3, 0.4) is 0 Å². The Balaban J connectivity index is 1.37. The third-order valence-corrected chi connectivity index (χ3v) is 5.63. The molecule has 0 aliphatic rings. The maximum Gasteiger partial charge on any atom is 0.273 e. The minimum atomic E-state index is -3.17. The molecule has 0 fully saturated rings. The molecule has 0 aliphatic heterocycles. The standard InChI is InChI=1S/C25H23ClF2N6O/c1-3-34-15-17(11-32-34)8-22-29-12-19(13-30-22)18-6-4-16(5-7-18)9-23(35)33-20-10-21(25(2,27)28)24(26)31-14-20/h4-7,10-15H,3,8-9H2,1-2H3,(H,33,35). The monoisotopic (exact) mass is 496 g/mol. The molecule has 4 aromatic rings. The van der Waals surface area contributed by atoms with E-state index in [-0.39, 0.29) is 23.2 Å². The van der Waals surface area contributed by atoms with Crippen molar-refractivity contribution in [3.63, 3.8) is 0 Å². The first-order chi connectivity index (χ1) is 16.7. The van der Waals surface area contributed by atoms with Gasteiger partial charge in [-0.05, 0) is 29.7 Å². The van der Waals surface area contributed by atoms with Crippen molar-refractivity contribution in [3.8, 4) is 11.1 Å². The van der Waals surface area contributed by atoms with Crippen molar-refractivity contribution in [2.45, 2.75) is 39.2 Å². The van der Waals surface area contributed by atoms with Crippen LogP contribution in [0.5, 0.6) is 0 Å². The maximum atomic E-state index is 13.6. The van der Waals surface area contributed by atoms with E-state index in [1.165, 1.54) is 6.20 Å². The van der Waals surface area contributed by atoms with E-state index in [0.29, 0.717) is 12.2 Å². The lowest BCUT2D eigenvalue weighted by molar-refractivity contribution is -0.115. The van der Waals surface area contributed by atoms with Crippen LogP contribution in [0.2, 0.25) is 5.15 Å². The van der Waals surface area contributed by atoms with Crippen molar-refractivity contribution in [2.75, 3.05) is 5.32 Å². The van der Waals surface area contributed by atoms with Gasteiger partial charge in [-0.25, -0.2) is 23.7 Å². The number of aromatic nitrogens is 5. The number of carbonyl (C=O) groups excluding carboxylic acids is 1. The zero-order chi connectivity index (χ0) is 25.0. The summed E-state index contributed by atoms with van der Waals surface area (Å²) in [5.41, 5.74) is 3.30. The lowest BCUT2D eigenvalue weighted by atomic mass is 10.0. The molecule has 180 valence electrons. The Morgan fingerprint density at radius 3 is 2.37 bits per heavy atom. The number of nitrogens with one attached hydrogen (secondary N) is 1. The minimum absolute atomic E-state index is 0.0711. The summed E-state index contributed by atoms with van der Waals surface area (Å²) < 4.78 is 29.1. The number of pyridine rings is 1. The van der Waals surface area contributed by atoms with Gasteiger partial charge in [-0.2, -0.15) is 5.10 Å². The number of alkyl halides is 2. The van der Waals surface area contributed by atoms with Gasteiger partial charge in [0.25, 0.3) is 5.92 Å². The Kier molecular flexibility index (Phi) is 7.16. The number of rotatable bonds is 8. The number of nitrogens with zero attached hydrogens (tertiary/aromatic N) is 5. The second-order valence-electron chi connectivity index (χ2n) is 8.14. The molecular formula is C25H23ClF2N6O. The van der Waals surface area contributed by atoms with Crippen molar-refractivity contribution < 1.29 is 13.6 Å². The number of aryl methyl sites for hydroxylation is 1. The predicted octanol–water partition coefficient (Wildman–Crippen LogP) is 5.29. The molecular weight excluding hydrogens is 474 g/mol. The van der Waals surface area contributed by atoms with Gasteiger partial charge >= 0.3 is 0 Å². The van der Waals surface area contributed by atoms with E-state index in [1.807, 2.05) is 48.3 Å². The van der Waals surface area contributed by atoms with E-state index in [2.05, 4.69) is 25.4 Å². The molecule has 35 heavy (non-hydrogen) atoms. The molecule has 0 bridgehead atoms. The van der Waals surface area contributed by atoms with E-state index in [9.17, 15) is 13.6 Å². The molecule has 1 N–H and O–H groups in total. The van der Waals surface area contributed by atoms with Crippen LogP contribution in [0.25, 0.3) is 11.1 Å². The highest BCUT2D eigenvalue weighted by molar-refractivity contribution is 6.30. The normalized spacial score (nSPS) is 11.5. The Labute approximate surface area is 206 Å². The molecule has 4 rings (SSSR count). The fourth-order valence-electron chi connectivity index (χ4n) is 3.48. The number of benzene rings is 1. The highest BCUT2D eigenvalue weighted by Gasteiger charge is 2.28. The molecule has 0 atom stereocenters. The SMILES string of the molecule is CCn1cc(Cc2ncc(-c3ccc(CC(=O)Nc4cnc(Cl)c(C(C)(F)F)c4)cc3)cn2)cn1. The van der Waals surface area contributed by atoms with Gasteiger partial charge < -0.3 is 5.32 Å². The van der Waals surface area contributed by atoms with Crippen molar-refractivity contribution in [2.24, 2.45) is 0 Å². The molecule has 0 aliphatic carbocycles. The Bertz CT molecular complexity index is 1320. The lowest BCUT2D eigenvalue weighted by Crippen LogP contribution is -2.16. The molecule has 3 aromatic heterocycles. The van der Waals surface area contributed by atoms with Gasteiger partial charge in [-0.1, -0.05) is 35.9 Å². The second kappa shape index (κ2) is 10.3. The topological polar surface area (TPSA) is 85.6 Å². The molecule has 1 amide bonds. The summed E-state index contributed by atoms with van der Waals surface area (Å²) in [6.45, 7) is 3.57. The average Bonchev–Trinajstić information content (AvgIpc) is 3.28. The van der Waals surface area contributed by atoms with Gasteiger partial charge in [0, 0.05) is 44.0 Å². The van der Waals surface area contributed by atoms with E-state index < -0.39 is 11.5 Å². The van der Waals surface area contributed by atoms with Crippen LogP contribution in [-0.4, -0.2) is 30.6 Å². The quantitative estimate of drug-likeness (QED) is 0.335. The largest absolute Gasteiger partial charge is 0.324 e. The van der Waals surface area contributed by atoms with Gasteiger partial charge in [0.2, 0.25) is 5.91 Å². The number of halogens is 3. The van der Waals surface area contributed by atoms with Crippen molar-refractivity contribution in [3.05, 3.63) is 89.0 Å². The number of amides is 1. The zero-order valence-electron chi connectivity index (χ0n) is 19.2. The molecule has 10 heteroatoms. The van der Waals surface area contributed by atoms with E-state index in [1.54, 1.807) is 12.4 Å². The van der Waals surface area contributed by atoms with E-state index in [0.717, 1.165) is 41.8 Å². The smallest absolute Gasteiger partial charge is 0.273 e. The van der Waals surface area contributed by atoms with E-state index >= 15 is 0 Å². The van der Waals surface area contributed by atoms with Gasteiger partial charge in [-0.3, -0.25) is 9.48 Å². The van der Waals surface area contributed by atoms with E-state index in [4.69, 9.17) is 11.6 Å². The lowest BCUT2D eigenvalue weighted by Gasteiger charge is -2.13. The molecule has 0 saturated heterocycles. The summed E-state index contributed by atoms with van der Waals surface area (Å²) >= 11 is 5.75. The number of hydrogen-bond acceptors (Lipinski definition) is 5. The number of anilines is 1. The van der Waals surface area contributed by atoms with Crippen LogP contribution < -0.4 is 5.32 Å². The second-order valence-corrected chi connectivity index (χ2v) is 8.50. The third-order valence-electron chi connectivity index (χ3n) is 5.33. The van der Waals surface area contributed by atoms with Crippen molar-refractivity contribution in [1.82, 2.24) is 24.7 Å². The Morgan fingerprint density at radius 2 is 1.74 bits per heavy atom. The predicted molar refractivity (Wildman–Crippen MR) is 129 cm³/mol. The van der Waals surface area contributed by atoms with Gasteiger partial charge in [0.15, 0.2) is 0 Å². The number of hydrogen-bond donors (Lipinski definition) is 1. The average molecular weight is 497 g/mol. The van der Waals surface area contributed by atoms with Crippen molar-refractivity contribution in [1.29, 1.82) is 0 Å². The summed E-state index contributed by atoms with van der Waals surface area (Å²) in [6.07, 6.45) is 9.26. The summed E-state index contributed by atoms with van der Waals surface area (Å²) in [5, 5.41) is 6.55. The van der Waals surface area contributed by atoms with Crippen LogP contribution in [0.15, 0.2) is 61.3 Å². The number of carbonyl (C=O) groups is 1. The van der Waals surface area contributed by atoms with Gasteiger partial charge in [0.1, 0.15) is 11.0 Å². The third kappa shape index (κ3) is 6.24. The highest BCUT2D eigenvalue weighted by Crippen LogP contribution is 2.33. The highest BCUT2D eigenvalue weighted by atomic mass is 35.5. The Hall–Kier alpha value is -3.72. The van der Waals surface area contributed by atoms with Gasteiger partial charge in [0.05, 0.1) is 30.1 Å². The first-order valence-electron chi connectivity index (χ1n) is 11.0. The van der Waals surface area contributed by atoms with Crippen LogP contribution in [-0.2, 0) is 30.1 Å². The maximum absolute atomic E-state index is 13.6. The molecule has 0 saturated carbocycles. The van der Waals surface area contributed by atoms with Crippen LogP contribution in [0.4, 0.5) is 14.5 Å². The molecule has 7 nitrogen and oxygen atoms in total. The van der Waals surface area contributed by atoms with Crippen molar-refractivity contribution >= 4 is 23.2 Å². The first kappa shape index (κ1) is 24.4. The summed E-state index contributed by atoms with van der Waals surface area (Å²) in [6, 6.07) is 8.55. The molecule has 1 aromatic carbocycles. The van der Waals surface area contributed by atoms with Crippen LogP contribution in [0, 0.1) is 0 Å². The van der Waals surface area contributed by atoms with Crippen LogP contribution >= 0.6 is 11.6 Å². The zero-order valence-corrected chi connectivity index (χ0v) is 19.9. The van der Waals surface area contributed by atoms with Gasteiger partial charge in [-0.15, -0.1) is 0 Å². The molecule has 3 heterocycles. The summed E-state index contributed by atoms with van der Waals surface area (Å²) in [7, 11) is 0. The molecule has 0 radical (unpaired) electrons. The summed E-state index contributed by atoms with van der Waals surface area (Å²) in [4.78, 5) is 25.1. The first-order valence-corrected chi connectivity index (χ1v) is 11.3. The van der Waals surface area contributed by atoms with Crippen LogP contribution in [0.1, 0.15) is 36.4 Å². The summed E-state index contributed by atoms with van der Waals surface area (Å²) in [5.74, 6) is -2.81.